The third-order valence-electron chi connectivity index (χ3n) is 4.59. The molecule has 2 aromatic carbocycles. The van der Waals surface area contributed by atoms with E-state index in [0.717, 1.165) is 40.2 Å². The maximum Gasteiger partial charge on any atom is 0.237 e. The molecule has 8 heteroatoms. The number of aryl methyl sites for hydroxylation is 1. The van der Waals surface area contributed by atoms with Crippen LogP contribution in [0.5, 0.6) is 5.75 Å². The van der Waals surface area contributed by atoms with Crippen LogP contribution in [0.4, 0.5) is 0 Å². The van der Waals surface area contributed by atoms with Gasteiger partial charge in [0.2, 0.25) is 5.89 Å². The molecule has 2 aromatic heterocycles. The minimum absolute atomic E-state index is 0.312. The Bertz CT molecular complexity index is 1120. The highest BCUT2D eigenvalue weighted by Gasteiger charge is 2.17. The zero-order valence-electron chi connectivity index (χ0n) is 17.9. The summed E-state index contributed by atoms with van der Waals surface area (Å²) in [5.74, 6) is 3.89. The largest absolute Gasteiger partial charge is 0.485 e. The van der Waals surface area contributed by atoms with E-state index in [1.54, 1.807) is 0 Å². The van der Waals surface area contributed by atoms with E-state index in [2.05, 4.69) is 34.2 Å². The zero-order valence-corrected chi connectivity index (χ0v) is 18.7. The van der Waals surface area contributed by atoms with Crippen molar-refractivity contribution in [1.29, 1.82) is 0 Å². The second-order valence-corrected chi connectivity index (χ2v) is 8.56. The first-order valence-electron chi connectivity index (χ1n) is 10.2. The van der Waals surface area contributed by atoms with Crippen LogP contribution in [-0.2, 0) is 18.8 Å². The Kier molecular flexibility index (Phi) is 6.66. The van der Waals surface area contributed by atoms with Gasteiger partial charge < -0.3 is 9.26 Å². The molecule has 0 bridgehead atoms. The molecular weight excluding hydrogens is 410 g/mol. The third-order valence-corrected chi connectivity index (χ3v) is 5.50. The molecule has 31 heavy (non-hydrogen) atoms. The highest BCUT2D eigenvalue weighted by molar-refractivity contribution is 7.98. The van der Waals surface area contributed by atoms with Gasteiger partial charge in [-0.15, -0.1) is 10.2 Å². The Balaban J connectivity index is 1.53. The minimum atomic E-state index is 0.312. The molecule has 0 aliphatic carbocycles. The van der Waals surface area contributed by atoms with Crippen LogP contribution < -0.4 is 4.74 Å². The Labute approximate surface area is 185 Å². The summed E-state index contributed by atoms with van der Waals surface area (Å²) in [7, 11) is 0. The first-order valence-corrected chi connectivity index (χ1v) is 11.2. The van der Waals surface area contributed by atoms with Crippen molar-refractivity contribution in [2.75, 3.05) is 0 Å². The first-order chi connectivity index (χ1) is 15.1. The molecule has 0 radical (unpaired) electrons. The molecule has 0 spiro atoms. The molecule has 2 heterocycles. The standard InChI is InChI=1S/C23H25N5O2S/c1-16(2)13-20-24-22(30-27-20)15-31-23-26-25-21(28(23)18-10-5-4-6-11-18)14-29-19-12-8-7-9-17(19)3/h4-12,16H,13-15H2,1-3H3. The van der Waals surface area contributed by atoms with Crippen LogP contribution in [0.15, 0.2) is 64.3 Å². The number of ether oxygens (including phenoxy) is 1. The molecule has 0 N–H and O–H groups in total. The van der Waals surface area contributed by atoms with Crippen molar-refractivity contribution < 1.29 is 9.26 Å². The van der Waals surface area contributed by atoms with Crippen molar-refractivity contribution in [3.05, 3.63) is 77.7 Å². The highest BCUT2D eigenvalue weighted by atomic mass is 32.2. The Hall–Kier alpha value is -3.13. The van der Waals surface area contributed by atoms with E-state index in [4.69, 9.17) is 9.26 Å². The summed E-state index contributed by atoms with van der Waals surface area (Å²) in [6.07, 6.45) is 0.800. The van der Waals surface area contributed by atoms with Crippen LogP contribution in [0.3, 0.4) is 0 Å². The van der Waals surface area contributed by atoms with Gasteiger partial charge in [-0.3, -0.25) is 4.57 Å². The van der Waals surface area contributed by atoms with Gasteiger partial charge in [0.15, 0.2) is 16.8 Å². The Morgan fingerprint density at radius 1 is 1.03 bits per heavy atom. The van der Waals surface area contributed by atoms with Crippen molar-refractivity contribution in [2.24, 2.45) is 5.92 Å². The second-order valence-electron chi connectivity index (χ2n) is 7.61. The number of thioether (sulfide) groups is 1. The maximum atomic E-state index is 6.03. The van der Waals surface area contributed by atoms with Gasteiger partial charge in [0.25, 0.3) is 0 Å². The molecule has 7 nitrogen and oxygen atoms in total. The van der Waals surface area contributed by atoms with E-state index < -0.39 is 0 Å². The van der Waals surface area contributed by atoms with Gasteiger partial charge in [-0.05, 0) is 36.6 Å². The maximum absolute atomic E-state index is 6.03. The number of aromatic nitrogens is 5. The average molecular weight is 436 g/mol. The van der Waals surface area contributed by atoms with E-state index in [-0.39, 0.29) is 0 Å². The molecule has 0 aliphatic rings. The number of hydrogen-bond donors (Lipinski definition) is 0. The fourth-order valence-corrected chi connectivity index (χ4v) is 3.92. The lowest BCUT2D eigenvalue weighted by atomic mass is 10.1. The van der Waals surface area contributed by atoms with Crippen LogP contribution in [-0.4, -0.2) is 24.9 Å². The predicted molar refractivity (Wildman–Crippen MR) is 119 cm³/mol. The Morgan fingerprint density at radius 3 is 2.58 bits per heavy atom. The zero-order chi connectivity index (χ0) is 21.6. The lowest BCUT2D eigenvalue weighted by Gasteiger charge is -2.11. The molecule has 0 saturated heterocycles. The van der Waals surface area contributed by atoms with Crippen molar-refractivity contribution in [3.8, 4) is 11.4 Å². The molecule has 0 fully saturated rings. The van der Waals surface area contributed by atoms with E-state index in [9.17, 15) is 0 Å². The predicted octanol–water partition coefficient (Wildman–Crippen LogP) is 5.03. The number of benzene rings is 2. The van der Waals surface area contributed by atoms with Crippen molar-refractivity contribution in [2.45, 2.75) is 44.7 Å². The van der Waals surface area contributed by atoms with Crippen molar-refractivity contribution in [1.82, 2.24) is 24.9 Å². The summed E-state index contributed by atoms with van der Waals surface area (Å²) in [5, 5.41) is 13.6. The summed E-state index contributed by atoms with van der Waals surface area (Å²) in [4.78, 5) is 4.48. The number of para-hydroxylation sites is 2. The Morgan fingerprint density at radius 2 is 1.81 bits per heavy atom. The molecular formula is C23H25N5O2S. The summed E-state index contributed by atoms with van der Waals surface area (Å²) < 4.78 is 13.4. The van der Waals surface area contributed by atoms with E-state index in [1.165, 1.54) is 11.8 Å². The molecule has 0 amide bonds. The summed E-state index contributed by atoms with van der Waals surface area (Å²) in [6.45, 7) is 6.60. The van der Waals surface area contributed by atoms with Crippen LogP contribution in [0.1, 0.15) is 37.0 Å². The van der Waals surface area contributed by atoms with Gasteiger partial charge in [0, 0.05) is 12.1 Å². The van der Waals surface area contributed by atoms with Gasteiger partial charge >= 0.3 is 0 Å². The van der Waals surface area contributed by atoms with Crippen LogP contribution in [0.2, 0.25) is 0 Å². The van der Waals surface area contributed by atoms with Crippen molar-refractivity contribution >= 4 is 11.8 Å². The lowest BCUT2D eigenvalue weighted by molar-refractivity contribution is 0.291. The fourth-order valence-electron chi connectivity index (χ4n) is 3.11. The van der Waals surface area contributed by atoms with Gasteiger partial charge in [-0.2, -0.15) is 4.98 Å². The van der Waals surface area contributed by atoms with Crippen molar-refractivity contribution in [3.63, 3.8) is 0 Å². The van der Waals surface area contributed by atoms with Gasteiger partial charge in [0.05, 0.1) is 5.75 Å². The summed E-state index contributed by atoms with van der Waals surface area (Å²) >= 11 is 1.51. The van der Waals surface area contributed by atoms with E-state index >= 15 is 0 Å². The summed E-state index contributed by atoms with van der Waals surface area (Å²) in [6, 6.07) is 18.0. The fraction of sp³-hybridized carbons (Fsp3) is 0.304. The molecule has 4 aromatic rings. The van der Waals surface area contributed by atoms with Crippen LogP contribution >= 0.6 is 11.8 Å². The number of rotatable bonds is 9. The molecule has 4 rings (SSSR count). The molecule has 0 atom stereocenters. The van der Waals surface area contributed by atoms with Gasteiger partial charge in [0.1, 0.15) is 12.4 Å². The molecule has 0 saturated carbocycles. The smallest absolute Gasteiger partial charge is 0.237 e. The third kappa shape index (κ3) is 5.32. The van der Waals surface area contributed by atoms with Crippen LogP contribution in [0, 0.1) is 12.8 Å². The number of hydrogen-bond acceptors (Lipinski definition) is 7. The first kappa shape index (κ1) is 21.1. The topological polar surface area (TPSA) is 78.9 Å². The highest BCUT2D eigenvalue weighted by Crippen LogP contribution is 2.26. The average Bonchev–Trinajstić information content (AvgIpc) is 3.38. The lowest BCUT2D eigenvalue weighted by Crippen LogP contribution is -2.07. The molecule has 160 valence electrons. The second kappa shape index (κ2) is 9.78. The van der Waals surface area contributed by atoms with E-state index in [0.29, 0.717) is 24.2 Å². The minimum Gasteiger partial charge on any atom is -0.485 e. The summed E-state index contributed by atoms with van der Waals surface area (Å²) in [5.41, 5.74) is 2.06. The number of nitrogens with zero attached hydrogens (tertiary/aromatic N) is 5. The normalized spacial score (nSPS) is 11.2. The van der Waals surface area contributed by atoms with Gasteiger partial charge in [-0.1, -0.05) is 67.2 Å². The van der Waals surface area contributed by atoms with Crippen LogP contribution in [0.25, 0.3) is 5.69 Å². The molecule has 0 aliphatic heterocycles. The quantitative estimate of drug-likeness (QED) is 0.341. The SMILES string of the molecule is Cc1ccccc1OCc1nnc(SCc2nc(CC(C)C)no2)n1-c1ccccc1. The molecule has 0 unspecified atom stereocenters. The monoisotopic (exact) mass is 435 g/mol. The van der Waals surface area contributed by atoms with E-state index in [1.807, 2.05) is 66.1 Å². The van der Waals surface area contributed by atoms with Gasteiger partial charge in [-0.25, -0.2) is 0 Å².